The standard InChI is InChI=1S/C13H13F3N4O2S/c1-23-8-20(12(21)11-6-17-19-18-11)7-9-2-4-10(5-3-9)22-13(14,15)16/h2-6H,7-8H2,1H3,(H,17,18,19). The van der Waals surface area contributed by atoms with Crippen LogP contribution < -0.4 is 4.74 Å². The first-order valence-electron chi connectivity index (χ1n) is 6.38. The number of H-pyrrole nitrogens is 1. The summed E-state index contributed by atoms with van der Waals surface area (Å²) in [7, 11) is 0. The molecule has 2 rings (SSSR count). The van der Waals surface area contributed by atoms with E-state index in [1.807, 2.05) is 6.26 Å². The summed E-state index contributed by atoms with van der Waals surface area (Å²) in [5, 5.41) is 9.61. The second-order valence-electron chi connectivity index (χ2n) is 4.47. The van der Waals surface area contributed by atoms with Gasteiger partial charge in [-0.15, -0.1) is 30.0 Å². The molecule has 0 aliphatic rings. The van der Waals surface area contributed by atoms with Crippen molar-refractivity contribution in [2.24, 2.45) is 0 Å². The molecule has 0 aliphatic carbocycles. The number of hydrogen-bond acceptors (Lipinski definition) is 5. The number of amides is 1. The molecule has 124 valence electrons. The van der Waals surface area contributed by atoms with Crippen molar-refractivity contribution >= 4 is 17.7 Å². The first-order valence-corrected chi connectivity index (χ1v) is 7.78. The molecular formula is C13H13F3N4O2S. The van der Waals surface area contributed by atoms with E-state index in [0.29, 0.717) is 11.4 Å². The molecule has 2 aromatic rings. The van der Waals surface area contributed by atoms with E-state index in [1.54, 1.807) is 0 Å². The minimum absolute atomic E-state index is 0.177. The van der Waals surface area contributed by atoms with Gasteiger partial charge < -0.3 is 9.64 Å². The van der Waals surface area contributed by atoms with Crippen molar-refractivity contribution in [2.45, 2.75) is 12.9 Å². The highest BCUT2D eigenvalue weighted by atomic mass is 32.2. The Morgan fingerprint density at radius 3 is 2.57 bits per heavy atom. The number of aromatic nitrogens is 3. The third kappa shape index (κ3) is 5.16. The molecule has 0 saturated carbocycles. The Morgan fingerprint density at radius 2 is 2.04 bits per heavy atom. The number of nitrogens with zero attached hydrogens (tertiary/aromatic N) is 3. The smallest absolute Gasteiger partial charge is 0.406 e. The van der Waals surface area contributed by atoms with E-state index in [4.69, 9.17) is 0 Å². The van der Waals surface area contributed by atoms with E-state index in [2.05, 4.69) is 20.1 Å². The Balaban J connectivity index is 2.06. The molecule has 1 heterocycles. The van der Waals surface area contributed by atoms with Crippen LogP contribution in [0.4, 0.5) is 13.2 Å². The Labute approximate surface area is 134 Å². The molecule has 0 spiro atoms. The van der Waals surface area contributed by atoms with E-state index in [1.165, 1.54) is 47.1 Å². The predicted molar refractivity (Wildman–Crippen MR) is 77.8 cm³/mol. The van der Waals surface area contributed by atoms with Gasteiger partial charge in [0.05, 0.1) is 12.1 Å². The molecule has 10 heteroatoms. The highest BCUT2D eigenvalue weighted by Gasteiger charge is 2.31. The van der Waals surface area contributed by atoms with Crippen LogP contribution in [0.1, 0.15) is 16.1 Å². The number of halogens is 3. The molecule has 23 heavy (non-hydrogen) atoms. The summed E-state index contributed by atoms with van der Waals surface area (Å²) in [6.07, 6.45) is -1.51. The zero-order valence-electron chi connectivity index (χ0n) is 12.0. The summed E-state index contributed by atoms with van der Waals surface area (Å²) in [6, 6.07) is 5.37. The lowest BCUT2D eigenvalue weighted by molar-refractivity contribution is -0.274. The Bertz CT molecular complexity index is 632. The molecule has 0 radical (unpaired) electrons. The van der Waals surface area contributed by atoms with Crippen molar-refractivity contribution in [3.05, 3.63) is 41.7 Å². The van der Waals surface area contributed by atoms with Gasteiger partial charge in [0.15, 0.2) is 5.69 Å². The van der Waals surface area contributed by atoms with Gasteiger partial charge in [-0.05, 0) is 24.0 Å². The number of hydrogen-bond donors (Lipinski definition) is 1. The van der Waals surface area contributed by atoms with Crippen molar-refractivity contribution in [3.63, 3.8) is 0 Å². The zero-order chi connectivity index (χ0) is 16.9. The lowest BCUT2D eigenvalue weighted by Gasteiger charge is -2.20. The third-order valence-corrected chi connectivity index (χ3v) is 3.31. The summed E-state index contributed by atoms with van der Waals surface area (Å²) in [4.78, 5) is 13.8. The lowest BCUT2D eigenvalue weighted by Crippen LogP contribution is -2.30. The Morgan fingerprint density at radius 1 is 1.35 bits per heavy atom. The second-order valence-corrected chi connectivity index (χ2v) is 5.31. The maximum atomic E-state index is 12.3. The van der Waals surface area contributed by atoms with Crippen molar-refractivity contribution in [1.82, 2.24) is 20.3 Å². The van der Waals surface area contributed by atoms with Gasteiger partial charge in [0.1, 0.15) is 5.75 Å². The number of rotatable bonds is 6. The lowest BCUT2D eigenvalue weighted by atomic mass is 10.2. The number of carbonyl (C=O) groups is 1. The summed E-state index contributed by atoms with van der Waals surface area (Å²) >= 11 is 1.44. The van der Waals surface area contributed by atoms with Crippen LogP contribution in [0.2, 0.25) is 0 Å². The number of alkyl halides is 3. The van der Waals surface area contributed by atoms with Crippen LogP contribution >= 0.6 is 11.8 Å². The van der Waals surface area contributed by atoms with Gasteiger partial charge in [0.25, 0.3) is 5.91 Å². The molecule has 0 unspecified atom stereocenters. The van der Waals surface area contributed by atoms with E-state index in [-0.39, 0.29) is 23.9 Å². The Kier molecular flexibility index (Phi) is 5.48. The predicted octanol–water partition coefficient (Wildman–Crippen LogP) is 2.67. The van der Waals surface area contributed by atoms with Gasteiger partial charge in [-0.1, -0.05) is 17.3 Å². The van der Waals surface area contributed by atoms with Crippen molar-refractivity contribution in [3.8, 4) is 5.75 Å². The molecule has 0 atom stereocenters. The van der Waals surface area contributed by atoms with Crippen molar-refractivity contribution in [2.75, 3.05) is 12.1 Å². The maximum absolute atomic E-state index is 12.3. The number of aromatic amines is 1. The van der Waals surface area contributed by atoms with E-state index in [0.717, 1.165) is 0 Å². The molecule has 0 aliphatic heterocycles. The summed E-state index contributed by atoms with van der Waals surface area (Å²) in [5.74, 6) is -0.212. The fraction of sp³-hybridized carbons (Fsp3) is 0.308. The number of thioether (sulfide) groups is 1. The van der Waals surface area contributed by atoms with E-state index >= 15 is 0 Å². The highest BCUT2D eigenvalue weighted by molar-refractivity contribution is 7.98. The van der Waals surface area contributed by atoms with Crippen LogP contribution in [0, 0.1) is 0 Å². The van der Waals surface area contributed by atoms with Crippen LogP contribution in [0.5, 0.6) is 5.75 Å². The molecule has 1 aromatic heterocycles. The molecular weight excluding hydrogens is 333 g/mol. The first-order chi connectivity index (χ1) is 10.9. The van der Waals surface area contributed by atoms with Crippen LogP contribution in [-0.4, -0.2) is 44.7 Å². The number of benzene rings is 1. The van der Waals surface area contributed by atoms with Gasteiger partial charge in [0.2, 0.25) is 0 Å². The quantitative estimate of drug-likeness (QED) is 0.814. The SMILES string of the molecule is CSCN(Cc1ccc(OC(F)(F)F)cc1)C(=O)c1c[nH]nn1. The van der Waals surface area contributed by atoms with E-state index in [9.17, 15) is 18.0 Å². The summed E-state index contributed by atoms with van der Waals surface area (Å²) in [5.41, 5.74) is 0.849. The molecule has 0 saturated heterocycles. The zero-order valence-corrected chi connectivity index (χ0v) is 12.8. The highest BCUT2D eigenvalue weighted by Crippen LogP contribution is 2.23. The maximum Gasteiger partial charge on any atom is 0.573 e. The number of nitrogens with one attached hydrogen (secondary N) is 1. The monoisotopic (exact) mass is 346 g/mol. The molecule has 0 bridgehead atoms. The average molecular weight is 346 g/mol. The molecule has 1 aromatic carbocycles. The first kappa shape index (κ1) is 17.1. The number of carbonyl (C=O) groups excluding carboxylic acids is 1. The van der Waals surface area contributed by atoms with Gasteiger partial charge in [-0.25, -0.2) is 0 Å². The van der Waals surface area contributed by atoms with Gasteiger partial charge in [0, 0.05) is 6.54 Å². The minimum atomic E-state index is -4.73. The van der Waals surface area contributed by atoms with Gasteiger partial charge in [-0.2, -0.15) is 0 Å². The van der Waals surface area contributed by atoms with Crippen molar-refractivity contribution in [1.29, 1.82) is 0 Å². The molecule has 6 nitrogen and oxygen atoms in total. The second kappa shape index (κ2) is 7.36. The van der Waals surface area contributed by atoms with Crippen LogP contribution in [0.15, 0.2) is 30.5 Å². The van der Waals surface area contributed by atoms with Crippen LogP contribution in [-0.2, 0) is 6.54 Å². The minimum Gasteiger partial charge on any atom is -0.406 e. The topological polar surface area (TPSA) is 71.1 Å². The fourth-order valence-electron chi connectivity index (χ4n) is 1.82. The summed E-state index contributed by atoms with van der Waals surface area (Å²) < 4.78 is 40.2. The third-order valence-electron chi connectivity index (χ3n) is 2.74. The van der Waals surface area contributed by atoms with Gasteiger partial charge in [-0.3, -0.25) is 9.89 Å². The normalized spacial score (nSPS) is 11.3. The molecule has 0 fully saturated rings. The van der Waals surface area contributed by atoms with Crippen LogP contribution in [0.25, 0.3) is 0 Å². The van der Waals surface area contributed by atoms with E-state index < -0.39 is 6.36 Å². The average Bonchev–Trinajstić information content (AvgIpc) is 3.01. The molecule has 1 amide bonds. The van der Waals surface area contributed by atoms with Crippen LogP contribution in [0.3, 0.4) is 0 Å². The largest absolute Gasteiger partial charge is 0.573 e. The molecule has 1 N–H and O–H groups in total. The summed E-state index contributed by atoms with van der Waals surface area (Å²) in [6.45, 7) is 0.235. The fourth-order valence-corrected chi connectivity index (χ4v) is 2.34. The van der Waals surface area contributed by atoms with Gasteiger partial charge >= 0.3 is 6.36 Å². The van der Waals surface area contributed by atoms with Crippen molar-refractivity contribution < 1.29 is 22.7 Å². The Hall–Kier alpha value is -2.23. The number of ether oxygens (including phenoxy) is 1.